The number of carbonyl (C=O) groups excluding carboxylic acids is 1. The third-order valence-electron chi connectivity index (χ3n) is 3.87. The van der Waals surface area contributed by atoms with Gasteiger partial charge in [0.1, 0.15) is 5.75 Å². The van der Waals surface area contributed by atoms with E-state index in [0.29, 0.717) is 19.1 Å². The van der Waals surface area contributed by atoms with Crippen LogP contribution in [0.5, 0.6) is 5.75 Å². The zero-order valence-electron chi connectivity index (χ0n) is 16.0. The summed E-state index contributed by atoms with van der Waals surface area (Å²) < 4.78 is 66.5. The highest BCUT2D eigenvalue weighted by molar-refractivity contribution is 7.89. The van der Waals surface area contributed by atoms with Crippen molar-refractivity contribution >= 4 is 15.9 Å². The lowest BCUT2D eigenvalue weighted by Gasteiger charge is -2.24. The molecule has 0 aliphatic heterocycles. The van der Waals surface area contributed by atoms with Crippen molar-refractivity contribution in [1.82, 2.24) is 14.9 Å². The molecule has 0 atom stereocenters. The standard InChI is InChI=1S/C17H26F3N3O4S/c1-4-23(13(2)3)12-11-21-16(24)9-10-22-28(25,26)15-7-5-14(6-8-15)27-17(18,19)20/h5-8,13,22H,4,9-12H2,1-3H3,(H,21,24). The second-order valence-electron chi connectivity index (χ2n) is 6.24. The highest BCUT2D eigenvalue weighted by atomic mass is 32.2. The van der Waals surface area contributed by atoms with Gasteiger partial charge >= 0.3 is 6.36 Å². The van der Waals surface area contributed by atoms with Gasteiger partial charge in [0, 0.05) is 32.1 Å². The summed E-state index contributed by atoms with van der Waals surface area (Å²) in [5, 5.41) is 2.72. The number of benzene rings is 1. The van der Waals surface area contributed by atoms with Gasteiger partial charge < -0.3 is 10.1 Å². The fourth-order valence-electron chi connectivity index (χ4n) is 2.41. The fourth-order valence-corrected chi connectivity index (χ4v) is 3.44. The zero-order valence-corrected chi connectivity index (χ0v) is 16.9. The number of rotatable bonds is 11. The van der Waals surface area contributed by atoms with E-state index in [4.69, 9.17) is 0 Å². The minimum Gasteiger partial charge on any atom is -0.406 e. The molecular weight excluding hydrogens is 399 g/mol. The largest absolute Gasteiger partial charge is 0.573 e. The lowest BCUT2D eigenvalue weighted by molar-refractivity contribution is -0.274. The molecule has 7 nitrogen and oxygen atoms in total. The van der Waals surface area contributed by atoms with E-state index in [-0.39, 0.29) is 23.8 Å². The maximum atomic E-state index is 12.1. The molecule has 11 heteroatoms. The van der Waals surface area contributed by atoms with Crippen molar-refractivity contribution in [3.05, 3.63) is 24.3 Å². The topological polar surface area (TPSA) is 87.7 Å². The summed E-state index contributed by atoms with van der Waals surface area (Å²) in [5.41, 5.74) is 0. The Labute approximate surface area is 163 Å². The van der Waals surface area contributed by atoms with E-state index in [2.05, 4.69) is 33.5 Å². The summed E-state index contributed by atoms with van der Waals surface area (Å²) in [6, 6.07) is 4.16. The van der Waals surface area contributed by atoms with Crippen LogP contribution in [0, 0.1) is 0 Å². The number of sulfonamides is 1. The van der Waals surface area contributed by atoms with Crippen molar-refractivity contribution in [3.63, 3.8) is 0 Å². The van der Waals surface area contributed by atoms with E-state index in [1.807, 2.05) is 6.92 Å². The van der Waals surface area contributed by atoms with E-state index in [1.165, 1.54) is 0 Å². The van der Waals surface area contributed by atoms with Gasteiger partial charge in [0.15, 0.2) is 0 Å². The average Bonchev–Trinajstić information content (AvgIpc) is 2.57. The van der Waals surface area contributed by atoms with Crippen LogP contribution < -0.4 is 14.8 Å². The van der Waals surface area contributed by atoms with Crippen LogP contribution in [0.15, 0.2) is 29.2 Å². The Hall–Kier alpha value is -1.85. The van der Waals surface area contributed by atoms with Crippen LogP contribution >= 0.6 is 0 Å². The normalized spacial score (nSPS) is 12.4. The lowest BCUT2D eigenvalue weighted by atomic mass is 10.3. The molecule has 2 N–H and O–H groups in total. The second-order valence-corrected chi connectivity index (χ2v) is 8.01. The van der Waals surface area contributed by atoms with Crippen molar-refractivity contribution < 1.29 is 31.1 Å². The molecule has 0 spiro atoms. The lowest BCUT2D eigenvalue weighted by Crippen LogP contribution is -2.39. The third kappa shape index (κ3) is 8.89. The maximum Gasteiger partial charge on any atom is 0.573 e. The van der Waals surface area contributed by atoms with Gasteiger partial charge in [-0.05, 0) is 44.7 Å². The Morgan fingerprint density at radius 3 is 2.29 bits per heavy atom. The van der Waals surface area contributed by atoms with E-state index in [1.54, 1.807) is 0 Å². The molecule has 0 saturated carbocycles. The third-order valence-corrected chi connectivity index (χ3v) is 5.35. The van der Waals surface area contributed by atoms with Crippen molar-refractivity contribution in [2.75, 3.05) is 26.2 Å². The molecule has 0 aliphatic rings. The average molecular weight is 425 g/mol. The Morgan fingerprint density at radius 1 is 1.18 bits per heavy atom. The van der Waals surface area contributed by atoms with Crippen LogP contribution in [0.3, 0.4) is 0 Å². The first-order chi connectivity index (χ1) is 12.9. The summed E-state index contributed by atoms with van der Waals surface area (Å²) >= 11 is 0. The summed E-state index contributed by atoms with van der Waals surface area (Å²) in [6.45, 7) is 8.02. The number of hydrogen-bond acceptors (Lipinski definition) is 5. The molecule has 0 fully saturated rings. The first-order valence-corrected chi connectivity index (χ1v) is 10.3. The summed E-state index contributed by atoms with van der Waals surface area (Å²) in [4.78, 5) is 13.7. The Balaban J connectivity index is 2.43. The monoisotopic (exact) mass is 425 g/mol. The highest BCUT2D eigenvalue weighted by Gasteiger charge is 2.31. The van der Waals surface area contributed by atoms with Crippen LogP contribution in [0.1, 0.15) is 27.2 Å². The van der Waals surface area contributed by atoms with E-state index >= 15 is 0 Å². The Bertz CT molecular complexity index is 722. The predicted octanol–water partition coefficient (Wildman–Crippen LogP) is 2.10. The van der Waals surface area contributed by atoms with E-state index in [0.717, 1.165) is 30.8 Å². The number of carbonyl (C=O) groups is 1. The fraction of sp³-hybridized carbons (Fsp3) is 0.588. The molecule has 0 aliphatic carbocycles. The summed E-state index contributed by atoms with van der Waals surface area (Å²) in [5.74, 6) is -0.815. The molecule has 1 rings (SSSR count). The van der Waals surface area contributed by atoms with Gasteiger partial charge in [0.25, 0.3) is 0 Å². The quantitative estimate of drug-likeness (QED) is 0.567. The minimum absolute atomic E-state index is 0.0533. The number of nitrogens with zero attached hydrogens (tertiary/aromatic N) is 1. The molecule has 1 aromatic rings. The van der Waals surface area contributed by atoms with Gasteiger partial charge in [0.2, 0.25) is 15.9 Å². The first kappa shape index (κ1) is 24.2. The van der Waals surface area contributed by atoms with Crippen LogP contribution in [0.25, 0.3) is 0 Å². The van der Waals surface area contributed by atoms with Crippen molar-refractivity contribution in [3.8, 4) is 5.75 Å². The number of ether oxygens (including phenoxy) is 1. The molecule has 1 aromatic carbocycles. The summed E-state index contributed by atoms with van der Waals surface area (Å²) in [7, 11) is -3.94. The van der Waals surface area contributed by atoms with Crippen molar-refractivity contribution in [1.29, 1.82) is 0 Å². The summed E-state index contributed by atoms with van der Waals surface area (Å²) in [6.07, 6.45) is -4.91. The van der Waals surface area contributed by atoms with Gasteiger partial charge in [0.05, 0.1) is 4.90 Å². The van der Waals surface area contributed by atoms with Gasteiger partial charge in [-0.15, -0.1) is 13.2 Å². The molecule has 0 saturated heterocycles. The number of hydrogen-bond donors (Lipinski definition) is 2. The molecule has 0 unspecified atom stereocenters. The molecular formula is C17H26F3N3O4S. The number of amides is 1. The number of nitrogens with one attached hydrogen (secondary N) is 2. The molecule has 0 aromatic heterocycles. The smallest absolute Gasteiger partial charge is 0.406 e. The molecule has 0 bridgehead atoms. The Morgan fingerprint density at radius 2 is 1.79 bits per heavy atom. The van der Waals surface area contributed by atoms with Gasteiger partial charge in [-0.2, -0.15) is 0 Å². The SMILES string of the molecule is CCN(CCNC(=O)CCNS(=O)(=O)c1ccc(OC(F)(F)F)cc1)C(C)C. The van der Waals surface area contributed by atoms with E-state index < -0.39 is 22.1 Å². The molecule has 160 valence electrons. The zero-order chi connectivity index (χ0) is 21.4. The molecule has 0 radical (unpaired) electrons. The van der Waals surface area contributed by atoms with Crippen LogP contribution in [-0.2, 0) is 14.8 Å². The molecule has 28 heavy (non-hydrogen) atoms. The maximum absolute atomic E-state index is 12.1. The molecule has 0 heterocycles. The van der Waals surface area contributed by atoms with E-state index in [9.17, 15) is 26.4 Å². The number of halogens is 3. The molecule has 1 amide bonds. The van der Waals surface area contributed by atoms with Gasteiger partial charge in [-0.25, -0.2) is 13.1 Å². The van der Waals surface area contributed by atoms with Crippen LogP contribution in [0.2, 0.25) is 0 Å². The minimum atomic E-state index is -4.85. The number of likely N-dealkylation sites (N-methyl/N-ethyl adjacent to an activating group) is 1. The van der Waals surface area contributed by atoms with Crippen molar-refractivity contribution in [2.24, 2.45) is 0 Å². The first-order valence-electron chi connectivity index (χ1n) is 8.81. The van der Waals surface area contributed by atoms with Crippen LogP contribution in [0.4, 0.5) is 13.2 Å². The highest BCUT2D eigenvalue weighted by Crippen LogP contribution is 2.23. The Kier molecular flexibility index (Phi) is 9.18. The predicted molar refractivity (Wildman–Crippen MR) is 98.3 cm³/mol. The van der Waals surface area contributed by atoms with Crippen LogP contribution in [-0.4, -0.2) is 57.8 Å². The van der Waals surface area contributed by atoms with Gasteiger partial charge in [-0.1, -0.05) is 6.92 Å². The second kappa shape index (κ2) is 10.6. The number of alkyl halides is 3. The van der Waals surface area contributed by atoms with Gasteiger partial charge in [-0.3, -0.25) is 9.69 Å². The van der Waals surface area contributed by atoms with Crippen molar-refractivity contribution in [2.45, 2.75) is 44.5 Å².